The van der Waals surface area contributed by atoms with E-state index >= 15 is 0 Å². The number of rotatable bonds is 8. The van der Waals surface area contributed by atoms with E-state index in [-0.39, 0.29) is 5.38 Å². The Morgan fingerprint density at radius 3 is 3.00 bits per heavy atom. The highest BCUT2D eigenvalue weighted by molar-refractivity contribution is 6.20. The number of nitrogens with zero attached hydrogens (tertiary/aromatic N) is 2. The Labute approximate surface area is 106 Å². The van der Waals surface area contributed by atoms with Crippen LogP contribution in [-0.2, 0) is 4.74 Å². The molecular formula is C11H18ClN3O2. The minimum atomic E-state index is -0.250. The minimum absolute atomic E-state index is 0.250. The first-order valence-corrected chi connectivity index (χ1v) is 6.48. The highest BCUT2D eigenvalue weighted by Crippen LogP contribution is 2.28. The molecule has 1 aromatic heterocycles. The van der Waals surface area contributed by atoms with E-state index in [1.54, 1.807) is 6.92 Å². The highest BCUT2D eigenvalue weighted by Gasteiger charge is 2.20. The van der Waals surface area contributed by atoms with Gasteiger partial charge in [0.2, 0.25) is 5.89 Å². The number of ether oxygens (including phenoxy) is 1. The van der Waals surface area contributed by atoms with Gasteiger partial charge in [-0.2, -0.15) is 0 Å². The summed E-state index contributed by atoms with van der Waals surface area (Å²) < 4.78 is 10.8. The summed E-state index contributed by atoms with van der Waals surface area (Å²) in [6, 6.07) is 0.426. The van der Waals surface area contributed by atoms with Gasteiger partial charge in [0.25, 0.3) is 0 Å². The predicted molar refractivity (Wildman–Crippen MR) is 65.2 cm³/mol. The van der Waals surface area contributed by atoms with Crippen LogP contribution in [0.2, 0.25) is 0 Å². The van der Waals surface area contributed by atoms with E-state index in [9.17, 15) is 0 Å². The summed E-state index contributed by atoms with van der Waals surface area (Å²) in [6.45, 7) is 4.25. The normalized spacial score (nSPS) is 17.1. The SMILES string of the molecule is CC(Cl)c1nnc(NCCCOCC2CC2)o1. The van der Waals surface area contributed by atoms with Gasteiger partial charge in [0.05, 0.1) is 0 Å². The first-order valence-electron chi connectivity index (χ1n) is 6.05. The molecule has 0 amide bonds. The molecule has 1 heterocycles. The van der Waals surface area contributed by atoms with Gasteiger partial charge in [-0.1, -0.05) is 5.10 Å². The second-order valence-corrected chi connectivity index (χ2v) is 5.01. The Kier molecular flexibility index (Phi) is 4.62. The summed E-state index contributed by atoms with van der Waals surface area (Å²) in [5, 5.41) is 10.5. The van der Waals surface area contributed by atoms with E-state index in [4.69, 9.17) is 20.8 Å². The van der Waals surface area contributed by atoms with Gasteiger partial charge in [-0.3, -0.25) is 0 Å². The van der Waals surface area contributed by atoms with Crippen LogP contribution in [-0.4, -0.2) is 30.0 Å². The molecule has 96 valence electrons. The van der Waals surface area contributed by atoms with Gasteiger partial charge in [-0.25, -0.2) is 0 Å². The molecule has 0 aliphatic heterocycles. The van der Waals surface area contributed by atoms with E-state index < -0.39 is 0 Å². The van der Waals surface area contributed by atoms with Crippen LogP contribution in [0.25, 0.3) is 0 Å². The number of alkyl halides is 1. The molecule has 1 aliphatic carbocycles. The van der Waals surface area contributed by atoms with Crippen LogP contribution in [0, 0.1) is 5.92 Å². The van der Waals surface area contributed by atoms with Crippen LogP contribution in [0.5, 0.6) is 0 Å². The molecule has 0 spiro atoms. The van der Waals surface area contributed by atoms with Crippen LogP contribution >= 0.6 is 11.6 Å². The minimum Gasteiger partial charge on any atom is -0.407 e. The van der Waals surface area contributed by atoms with Crippen LogP contribution in [0.3, 0.4) is 0 Å². The van der Waals surface area contributed by atoms with Crippen molar-refractivity contribution in [2.75, 3.05) is 25.1 Å². The molecule has 1 fully saturated rings. The zero-order valence-corrected chi connectivity index (χ0v) is 10.7. The van der Waals surface area contributed by atoms with Crippen molar-refractivity contribution in [3.63, 3.8) is 0 Å². The van der Waals surface area contributed by atoms with Gasteiger partial charge in [0.15, 0.2) is 0 Å². The molecule has 0 bridgehead atoms. The monoisotopic (exact) mass is 259 g/mol. The lowest BCUT2D eigenvalue weighted by molar-refractivity contribution is 0.124. The van der Waals surface area contributed by atoms with Gasteiger partial charge in [-0.05, 0) is 32.1 Å². The maximum absolute atomic E-state index is 5.81. The maximum atomic E-state index is 5.81. The maximum Gasteiger partial charge on any atom is 0.315 e. The molecule has 6 heteroatoms. The predicted octanol–water partition coefficient (Wildman–Crippen LogP) is 2.60. The van der Waals surface area contributed by atoms with Crippen molar-refractivity contribution in [3.8, 4) is 0 Å². The molecule has 0 saturated heterocycles. The second-order valence-electron chi connectivity index (χ2n) is 4.36. The molecule has 5 nitrogen and oxygen atoms in total. The summed E-state index contributed by atoms with van der Waals surface area (Å²) in [4.78, 5) is 0. The van der Waals surface area contributed by atoms with Crippen molar-refractivity contribution in [3.05, 3.63) is 5.89 Å². The number of halogens is 1. The molecule has 1 unspecified atom stereocenters. The summed E-state index contributed by atoms with van der Waals surface area (Å²) in [5.41, 5.74) is 0. The van der Waals surface area contributed by atoms with E-state index in [1.807, 2.05) is 0 Å². The molecule has 0 aromatic carbocycles. The average Bonchev–Trinajstić information content (AvgIpc) is 3.00. The largest absolute Gasteiger partial charge is 0.407 e. The van der Waals surface area contributed by atoms with Crippen LogP contribution in [0.1, 0.15) is 37.5 Å². The highest BCUT2D eigenvalue weighted by atomic mass is 35.5. The molecule has 1 aromatic rings. The molecule has 1 aliphatic rings. The third-order valence-electron chi connectivity index (χ3n) is 2.57. The number of nitrogens with one attached hydrogen (secondary N) is 1. The van der Waals surface area contributed by atoms with E-state index in [1.165, 1.54) is 12.8 Å². The summed E-state index contributed by atoms with van der Waals surface area (Å²) in [7, 11) is 0. The van der Waals surface area contributed by atoms with Crippen molar-refractivity contribution in [2.24, 2.45) is 5.92 Å². The van der Waals surface area contributed by atoms with Crippen molar-refractivity contribution in [1.82, 2.24) is 10.2 Å². The fourth-order valence-electron chi connectivity index (χ4n) is 1.37. The van der Waals surface area contributed by atoms with Crippen LogP contribution < -0.4 is 5.32 Å². The van der Waals surface area contributed by atoms with Gasteiger partial charge in [0.1, 0.15) is 5.38 Å². The van der Waals surface area contributed by atoms with Crippen molar-refractivity contribution in [2.45, 2.75) is 31.6 Å². The van der Waals surface area contributed by atoms with E-state index in [0.717, 1.165) is 32.1 Å². The van der Waals surface area contributed by atoms with Gasteiger partial charge >= 0.3 is 6.01 Å². The fraction of sp³-hybridized carbons (Fsp3) is 0.818. The standard InChI is InChI=1S/C11H18ClN3O2/c1-8(12)10-14-15-11(17-10)13-5-2-6-16-7-9-3-4-9/h8-9H,2-7H2,1H3,(H,13,15). The first kappa shape index (κ1) is 12.6. The lowest BCUT2D eigenvalue weighted by Crippen LogP contribution is -2.07. The summed E-state index contributed by atoms with van der Waals surface area (Å²) in [5.74, 6) is 1.27. The topological polar surface area (TPSA) is 60.2 Å². The first-order chi connectivity index (χ1) is 8.25. The number of aromatic nitrogens is 2. The number of hydrogen-bond donors (Lipinski definition) is 1. The van der Waals surface area contributed by atoms with Crippen molar-refractivity contribution in [1.29, 1.82) is 0 Å². The van der Waals surface area contributed by atoms with Crippen molar-refractivity contribution >= 4 is 17.6 Å². The molecule has 1 saturated carbocycles. The van der Waals surface area contributed by atoms with Crippen LogP contribution in [0.4, 0.5) is 6.01 Å². The van der Waals surface area contributed by atoms with Crippen LogP contribution in [0.15, 0.2) is 4.42 Å². The summed E-state index contributed by atoms with van der Waals surface area (Å²) in [6.07, 6.45) is 3.60. The molecule has 0 radical (unpaired) electrons. The second kappa shape index (κ2) is 6.21. The van der Waals surface area contributed by atoms with Gasteiger partial charge < -0.3 is 14.5 Å². The Morgan fingerprint density at radius 1 is 1.53 bits per heavy atom. The Morgan fingerprint density at radius 2 is 2.35 bits per heavy atom. The average molecular weight is 260 g/mol. The number of hydrogen-bond acceptors (Lipinski definition) is 5. The fourth-order valence-corrected chi connectivity index (χ4v) is 1.46. The van der Waals surface area contributed by atoms with E-state index in [0.29, 0.717) is 11.9 Å². The van der Waals surface area contributed by atoms with Gasteiger partial charge in [0, 0.05) is 19.8 Å². The lowest BCUT2D eigenvalue weighted by Gasteiger charge is -2.03. The number of anilines is 1. The molecule has 1 atom stereocenters. The quantitative estimate of drug-likeness (QED) is 0.574. The Bertz CT molecular complexity index is 339. The molecule has 2 rings (SSSR count). The smallest absolute Gasteiger partial charge is 0.315 e. The van der Waals surface area contributed by atoms with Gasteiger partial charge in [-0.15, -0.1) is 16.7 Å². The Hall–Kier alpha value is -0.810. The zero-order chi connectivity index (χ0) is 12.1. The third-order valence-corrected chi connectivity index (χ3v) is 2.76. The van der Waals surface area contributed by atoms with Crippen molar-refractivity contribution < 1.29 is 9.15 Å². The summed E-state index contributed by atoms with van der Waals surface area (Å²) >= 11 is 5.81. The molecule has 1 N–H and O–H groups in total. The third kappa shape index (κ3) is 4.52. The molecule has 17 heavy (non-hydrogen) atoms. The Balaban J connectivity index is 1.54. The zero-order valence-electron chi connectivity index (χ0n) is 9.99. The van der Waals surface area contributed by atoms with E-state index in [2.05, 4.69) is 15.5 Å². The molecular weight excluding hydrogens is 242 g/mol. The lowest BCUT2D eigenvalue weighted by atomic mass is 10.4.